The number of nitrogens with zero attached hydrogens (tertiary/aromatic N) is 2. The molecule has 1 saturated carbocycles. The molecule has 1 aromatic carbocycles. The molecule has 0 bridgehead atoms. The minimum Gasteiger partial charge on any atom is -0.490 e. The molecule has 160 valence electrons. The van der Waals surface area contributed by atoms with Crippen LogP contribution in [0.1, 0.15) is 57.9 Å². The minimum atomic E-state index is -0.0509. The fourth-order valence-corrected chi connectivity index (χ4v) is 4.30. The first-order chi connectivity index (χ1) is 14.1. The first kappa shape index (κ1) is 21.5. The zero-order chi connectivity index (χ0) is 20.6. The van der Waals surface area contributed by atoms with Gasteiger partial charge in [0.15, 0.2) is 0 Å². The average Bonchev–Trinajstić information content (AvgIpc) is 3.27. The zero-order valence-corrected chi connectivity index (χ0v) is 17.9. The van der Waals surface area contributed by atoms with Crippen molar-refractivity contribution < 1.29 is 14.3 Å². The molecular weight excluding hydrogens is 366 g/mol. The van der Waals surface area contributed by atoms with Crippen LogP contribution in [-0.4, -0.2) is 54.0 Å². The number of rotatable bonds is 7. The average molecular weight is 402 g/mol. The van der Waals surface area contributed by atoms with E-state index in [4.69, 9.17) is 4.74 Å². The van der Waals surface area contributed by atoms with Crippen LogP contribution in [-0.2, 0) is 11.3 Å². The van der Waals surface area contributed by atoms with Gasteiger partial charge in [0.25, 0.3) is 0 Å². The van der Waals surface area contributed by atoms with Crippen LogP contribution >= 0.6 is 0 Å². The number of carbonyl (C=O) groups is 2. The second kappa shape index (κ2) is 10.5. The Labute approximate surface area is 174 Å². The van der Waals surface area contributed by atoms with E-state index in [2.05, 4.69) is 5.32 Å². The first-order valence-electron chi connectivity index (χ1n) is 11.2. The molecule has 3 amide bonds. The highest BCUT2D eigenvalue weighted by Gasteiger charge is 2.29. The zero-order valence-electron chi connectivity index (χ0n) is 17.9. The summed E-state index contributed by atoms with van der Waals surface area (Å²) in [6, 6.07) is 7.96. The summed E-state index contributed by atoms with van der Waals surface area (Å²) in [7, 11) is 0. The first-order valence-corrected chi connectivity index (χ1v) is 11.2. The molecule has 0 atom stereocenters. The van der Waals surface area contributed by atoms with Crippen molar-refractivity contribution >= 4 is 11.9 Å². The number of ether oxygens (including phenoxy) is 1. The van der Waals surface area contributed by atoms with Gasteiger partial charge in [-0.1, -0.05) is 12.1 Å². The van der Waals surface area contributed by atoms with E-state index in [1.54, 1.807) is 0 Å². The monoisotopic (exact) mass is 401 g/mol. The van der Waals surface area contributed by atoms with Gasteiger partial charge in [-0.3, -0.25) is 4.79 Å². The normalized spacial score (nSPS) is 17.9. The van der Waals surface area contributed by atoms with Gasteiger partial charge in [0.2, 0.25) is 5.91 Å². The van der Waals surface area contributed by atoms with Gasteiger partial charge in [-0.25, -0.2) is 4.79 Å². The molecule has 3 rings (SSSR count). The Morgan fingerprint density at radius 2 is 1.66 bits per heavy atom. The molecule has 1 aliphatic carbocycles. The van der Waals surface area contributed by atoms with Crippen LogP contribution in [0, 0.1) is 5.92 Å². The second-order valence-electron chi connectivity index (χ2n) is 8.10. The molecule has 0 radical (unpaired) electrons. The summed E-state index contributed by atoms with van der Waals surface area (Å²) in [6.07, 6.45) is 6.67. The van der Waals surface area contributed by atoms with Crippen LogP contribution in [0.5, 0.6) is 5.75 Å². The molecule has 1 saturated heterocycles. The van der Waals surface area contributed by atoms with Gasteiger partial charge in [-0.05, 0) is 70.1 Å². The van der Waals surface area contributed by atoms with E-state index < -0.39 is 0 Å². The Balaban J connectivity index is 1.40. The summed E-state index contributed by atoms with van der Waals surface area (Å²) >= 11 is 0. The van der Waals surface area contributed by atoms with Gasteiger partial charge in [0.05, 0.1) is 6.10 Å². The summed E-state index contributed by atoms with van der Waals surface area (Å²) in [4.78, 5) is 28.7. The Bertz CT molecular complexity index is 658. The van der Waals surface area contributed by atoms with Crippen molar-refractivity contribution in [1.29, 1.82) is 0 Å². The number of amides is 3. The molecule has 0 unspecified atom stereocenters. The van der Waals surface area contributed by atoms with E-state index in [1.165, 1.54) is 12.8 Å². The molecule has 1 heterocycles. The van der Waals surface area contributed by atoms with E-state index in [9.17, 15) is 9.59 Å². The van der Waals surface area contributed by atoms with Gasteiger partial charge < -0.3 is 19.9 Å². The fraction of sp³-hybridized carbons (Fsp3) is 0.652. The summed E-state index contributed by atoms with van der Waals surface area (Å²) < 4.78 is 5.99. The lowest BCUT2D eigenvalue weighted by Gasteiger charge is -2.33. The van der Waals surface area contributed by atoms with Crippen molar-refractivity contribution in [3.8, 4) is 5.75 Å². The summed E-state index contributed by atoms with van der Waals surface area (Å²) in [6.45, 7) is 7.30. The number of likely N-dealkylation sites (tertiary alicyclic amines) is 1. The molecule has 1 aliphatic heterocycles. The van der Waals surface area contributed by atoms with Gasteiger partial charge in [0.1, 0.15) is 5.75 Å². The lowest BCUT2D eigenvalue weighted by molar-refractivity contribution is -0.136. The number of carbonyl (C=O) groups excluding carboxylic acids is 2. The largest absolute Gasteiger partial charge is 0.490 e. The maximum Gasteiger partial charge on any atom is 0.317 e. The SMILES string of the molecule is CCN(CC)C(=O)C1CCN(C(=O)NCc2ccc(OC3CCCC3)cc2)CC1. The Morgan fingerprint density at radius 3 is 2.24 bits per heavy atom. The number of urea groups is 1. The Kier molecular flexibility index (Phi) is 7.78. The fourth-order valence-electron chi connectivity index (χ4n) is 4.30. The Morgan fingerprint density at radius 1 is 1.03 bits per heavy atom. The predicted octanol–water partition coefficient (Wildman–Crippen LogP) is 3.80. The van der Waals surface area contributed by atoms with Crippen molar-refractivity contribution in [3.63, 3.8) is 0 Å². The van der Waals surface area contributed by atoms with Crippen molar-refractivity contribution in [2.45, 2.75) is 65.0 Å². The quantitative estimate of drug-likeness (QED) is 0.756. The molecule has 2 aliphatic rings. The third kappa shape index (κ3) is 5.87. The third-order valence-corrected chi connectivity index (χ3v) is 6.18. The van der Waals surface area contributed by atoms with Gasteiger partial charge in [-0.2, -0.15) is 0 Å². The molecular formula is C23H35N3O3. The molecule has 6 heteroatoms. The number of nitrogens with one attached hydrogen (secondary N) is 1. The molecule has 0 aromatic heterocycles. The lowest BCUT2D eigenvalue weighted by Crippen LogP contribution is -2.47. The van der Waals surface area contributed by atoms with Crippen LogP contribution in [0.4, 0.5) is 4.79 Å². The standard InChI is InChI=1S/C23H35N3O3/c1-3-25(4-2)22(27)19-13-15-26(16-14-19)23(28)24-17-18-9-11-21(12-10-18)29-20-7-5-6-8-20/h9-12,19-20H,3-8,13-17H2,1-2H3,(H,24,28). The number of hydrogen-bond acceptors (Lipinski definition) is 3. The minimum absolute atomic E-state index is 0.0476. The maximum atomic E-state index is 12.5. The van der Waals surface area contributed by atoms with E-state index in [1.807, 2.05) is 47.9 Å². The predicted molar refractivity (Wildman–Crippen MR) is 114 cm³/mol. The van der Waals surface area contributed by atoms with Gasteiger partial charge >= 0.3 is 6.03 Å². The summed E-state index contributed by atoms with van der Waals surface area (Å²) in [5.74, 6) is 1.19. The smallest absolute Gasteiger partial charge is 0.317 e. The molecule has 0 spiro atoms. The lowest BCUT2D eigenvalue weighted by atomic mass is 9.95. The highest BCUT2D eigenvalue weighted by Crippen LogP contribution is 2.24. The van der Waals surface area contributed by atoms with Gasteiger partial charge in [-0.15, -0.1) is 0 Å². The van der Waals surface area contributed by atoms with Crippen molar-refractivity contribution in [2.75, 3.05) is 26.2 Å². The van der Waals surface area contributed by atoms with Crippen LogP contribution in [0.3, 0.4) is 0 Å². The number of piperidine rings is 1. The van der Waals surface area contributed by atoms with Crippen LogP contribution in [0.2, 0.25) is 0 Å². The molecule has 6 nitrogen and oxygen atoms in total. The van der Waals surface area contributed by atoms with Crippen molar-refractivity contribution in [3.05, 3.63) is 29.8 Å². The van der Waals surface area contributed by atoms with E-state index >= 15 is 0 Å². The molecule has 29 heavy (non-hydrogen) atoms. The molecule has 2 fully saturated rings. The van der Waals surface area contributed by atoms with Crippen LogP contribution in [0.15, 0.2) is 24.3 Å². The third-order valence-electron chi connectivity index (χ3n) is 6.18. The molecule has 1 aromatic rings. The Hall–Kier alpha value is -2.24. The van der Waals surface area contributed by atoms with Crippen LogP contribution in [0.25, 0.3) is 0 Å². The van der Waals surface area contributed by atoms with E-state index in [-0.39, 0.29) is 17.9 Å². The van der Waals surface area contributed by atoms with E-state index in [0.717, 1.165) is 50.1 Å². The second-order valence-corrected chi connectivity index (χ2v) is 8.10. The highest BCUT2D eigenvalue weighted by atomic mass is 16.5. The number of benzene rings is 1. The summed E-state index contributed by atoms with van der Waals surface area (Å²) in [5, 5.41) is 3.00. The highest BCUT2D eigenvalue weighted by molar-refractivity contribution is 5.79. The van der Waals surface area contributed by atoms with Crippen LogP contribution < -0.4 is 10.1 Å². The number of hydrogen-bond donors (Lipinski definition) is 1. The van der Waals surface area contributed by atoms with Gasteiger partial charge in [0, 0.05) is 38.6 Å². The summed E-state index contributed by atoms with van der Waals surface area (Å²) in [5.41, 5.74) is 1.06. The van der Waals surface area contributed by atoms with E-state index in [0.29, 0.717) is 25.7 Å². The maximum absolute atomic E-state index is 12.5. The van der Waals surface area contributed by atoms with Crippen molar-refractivity contribution in [1.82, 2.24) is 15.1 Å². The van der Waals surface area contributed by atoms with Crippen molar-refractivity contribution in [2.24, 2.45) is 5.92 Å². The molecule has 1 N–H and O–H groups in total. The topological polar surface area (TPSA) is 61.9 Å².